The van der Waals surface area contributed by atoms with Gasteiger partial charge in [-0.3, -0.25) is 4.79 Å². The second-order valence-corrected chi connectivity index (χ2v) is 5.01. The SMILES string of the molecule is CCC(CC(=O)O)Sc1ccc(Cl)cc1. The van der Waals surface area contributed by atoms with E-state index in [1.165, 1.54) is 0 Å². The van der Waals surface area contributed by atoms with Crippen LogP contribution in [0.5, 0.6) is 0 Å². The van der Waals surface area contributed by atoms with E-state index in [2.05, 4.69) is 0 Å². The maximum atomic E-state index is 10.6. The zero-order valence-corrected chi connectivity index (χ0v) is 10.0. The minimum Gasteiger partial charge on any atom is -0.481 e. The lowest BCUT2D eigenvalue weighted by atomic mass is 10.2. The first-order chi connectivity index (χ1) is 7.11. The third kappa shape index (κ3) is 4.58. The summed E-state index contributed by atoms with van der Waals surface area (Å²) in [5.74, 6) is -0.747. The number of carboxylic acid groups (broad SMARTS) is 1. The largest absolute Gasteiger partial charge is 0.481 e. The molecule has 0 amide bonds. The number of carbonyl (C=O) groups is 1. The molecule has 0 aliphatic heterocycles. The average molecular weight is 245 g/mol. The van der Waals surface area contributed by atoms with Crippen LogP contribution in [0.2, 0.25) is 5.02 Å². The molecule has 0 bridgehead atoms. The zero-order valence-electron chi connectivity index (χ0n) is 8.44. The van der Waals surface area contributed by atoms with Crippen molar-refractivity contribution in [3.05, 3.63) is 29.3 Å². The number of thioether (sulfide) groups is 1. The van der Waals surface area contributed by atoms with Crippen LogP contribution in [0.4, 0.5) is 0 Å². The lowest BCUT2D eigenvalue weighted by Gasteiger charge is -2.11. The summed E-state index contributed by atoms with van der Waals surface area (Å²) in [6, 6.07) is 7.46. The van der Waals surface area contributed by atoms with E-state index < -0.39 is 5.97 Å². The Balaban J connectivity index is 2.58. The zero-order chi connectivity index (χ0) is 11.3. The Morgan fingerprint density at radius 1 is 1.47 bits per heavy atom. The monoisotopic (exact) mass is 244 g/mol. The quantitative estimate of drug-likeness (QED) is 0.803. The molecule has 0 aliphatic carbocycles. The predicted molar refractivity (Wildman–Crippen MR) is 63.6 cm³/mol. The molecular weight excluding hydrogens is 232 g/mol. The Bertz CT molecular complexity index is 324. The standard InChI is InChI=1S/C11H13ClO2S/c1-2-9(7-11(13)14)15-10-5-3-8(12)4-6-10/h3-6,9H,2,7H2,1H3,(H,13,14). The van der Waals surface area contributed by atoms with Crippen molar-refractivity contribution in [2.75, 3.05) is 0 Å². The lowest BCUT2D eigenvalue weighted by molar-refractivity contribution is -0.136. The third-order valence-corrected chi connectivity index (χ3v) is 3.60. The Hall–Kier alpha value is -0.670. The highest BCUT2D eigenvalue weighted by atomic mass is 35.5. The number of rotatable bonds is 5. The van der Waals surface area contributed by atoms with Crippen LogP contribution in [0.25, 0.3) is 0 Å². The van der Waals surface area contributed by atoms with E-state index >= 15 is 0 Å². The van der Waals surface area contributed by atoms with Gasteiger partial charge in [0.25, 0.3) is 0 Å². The highest BCUT2D eigenvalue weighted by Crippen LogP contribution is 2.28. The van der Waals surface area contributed by atoms with Gasteiger partial charge in [0.05, 0.1) is 6.42 Å². The molecule has 0 radical (unpaired) electrons. The fourth-order valence-electron chi connectivity index (χ4n) is 1.17. The summed E-state index contributed by atoms with van der Waals surface area (Å²) < 4.78 is 0. The van der Waals surface area contributed by atoms with Crippen LogP contribution in [-0.2, 0) is 4.79 Å². The molecule has 4 heteroatoms. The van der Waals surface area contributed by atoms with E-state index in [0.29, 0.717) is 5.02 Å². The van der Waals surface area contributed by atoms with Crippen LogP contribution in [0, 0.1) is 0 Å². The third-order valence-electron chi connectivity index (χ3n) is 1.97. The second kappa shape index (κ2) is 6.03. The summed E-state index contributed by atoms with van der Waals surface area (Å²) in [7, 11) is 0. The van der Waals surface area contributed by atoms with Crippen LogP contribution >= 0.6 is 23.4 Å². The number of halogens is 1. The van der Waals surface area contributed by atoms with Gasteiger partial charge in [0, 0.05) is 15.2 Å². The van der Waals surface area contributed by atoms with Gasteiger partial charge in [-0.15, -0.1) is 11.8 Å². The first kappa shape index (κ1) is 12.4. The van der Waals surface area contributed by atoms with Gasteiger partial charge in [-0.2, -0.15) is 0 Å². The van der Waals surface area contributed by atoms with Gasteiger partial charge >= 0.3 is 5.97 Å². The smallest absolute Gasteiger partial charge is 0.304 e. The molecule has 0 fully saturated rings. The molecule has 1 rings (SSSR count). The second-order valence-electron chi connectivity index (χ2n) is 3.20. The Morgan fingerprint density at radius 3 is 2.53 bits per heavy atom. The van der Waals surface area contributed by atoms with Crippen molar-refractivity contribution in [3.63, 3.8) is 0 Å². The van der Waals surface area contributed by atoms with Crippen molar-refractivity contribution in [2.45, 2.75) is 29.9 Å². The van der Waals surface area contributed by atoms with Crippen molar-refractivity contribution in [1.29, 1.82) is 0 Å². The molecule has 0 saturated carbocycles. The number of hydrogen-bond acceptors (Lipinski definition) is 2. The van der Waals surface area contributed by atoms with Gasteiger partial charge in [0.15, 0.2) is 0 Å². The summed E-state index contributed by atoms with van der Waals surface area (Å²) >= 11 is 7.35. The lowest BCUT2D eigenvalue weighted by Crippen LogP contribution is -2.08. The molecule has 1 N–H and O–H groups in total. The molecule has 2 nitrogen and oxygen atoms in total. The van der Waals surface area contributed by atoms with Crippen molar-refractivity contribution in [1.82, 2.24) is 0 Å². The van der Waals surface area contributed by atoms with Crippen LogP contribution in [0.1, 0.15) is 19.8 Å². The normalized spacial score (nSPS) is 12.4. The minimum absolute atomic E-state index is 0.128. The molecule has 1 aromatic carbocycles. The summed E-state index contributed by atoms with van der Waals surface area (Å²) in [6.45, 7) is 2.00. The molecule has 82 valence electrons. The molecule has 0 aromatic heterocycles. The van der Waals surface area contributed by atoms with Gasteiger partial charge in [0.2, 0.25) is 0 Å². The van der Waals surface area contributed by atoms with Crippen molar-refractivity contribution < 1.29 is 9.90 Å². The molecular formula is C11H13ClO2S. The highest BCUT2D eigenvalue weighted by Gasteiger charge is 2.12. The minimum atomic E-state index is -0.747. The summed E-state index contributed by atoms with van der Waals surface area (Å²) in [6.07, 6.45) is 1.05. The van der Waals surface area contributed by atoms with Gasteiger partial charge in [-0.25, -0.2) is 0 Å². The van der Waals surface area contributed by atoms with E-state index in [0.717, 1.165) is 11.3 Å². The van der Waals surface area contributed by atoms with Gasteiger partial charge in [-0.1, -0.05) is 18.5 Å². The first-order valence-corrected chi connectivity index (χ1v) is 6.01. The van der Waals surface area contributed by atoms with Crippen LogP contribution < -0.4 is 0 Å². The molecule has 0 saturated heterocycles. The molecule has 1 unspecified atom stereocenters. The Kier molecular flexibility index (Phi) is 4.99. The summed E-state index contributed by atoms with van der Waals surface area (Å²) in [4.78, 5) is 11.6. The van der Waals surface area contributed by atoms with Crippen molar-refractivity contribution >= 4 is 29.3 Å². The number of benzene rings is 1. The topological polar surface area (TPSA) is 37.3 Å². The fourth-order valence-corrected chi connectivity index (χ4v) is 2.37. The molecule has 15 heavy (non-hydrogen) atoms. The Labute approximate surface area is 98.6 Å². The fraction of sp³-hybridized carbons (Fsp3) is 0.364. The van der Waals surface area contributed by atoms with Crippen molar-refractivity contribution in [3.8, 4) is 0 Å². The van der Waals surface area contributed by atoms with Gasteiger partial charge in [0.1, 0.15) is 0 Å². The Morgan fingerprint density at radius 2 is 2.07 bits per heavy atom. The maximum absolute atomic E-state index is 10.6. The highest BCUT2D eigenvalue weighted by molar-refractivity contribution is 8.00. The number of carboxylic acids is 1. The molecule has 0 spiro atoms. The van der Waals surface area contributed by atoms with Crippen LogP contribution in [-0.4, -0.2) is 16.3 Å². The van der Waals surface area contributed by atoms with Gasteiger partial charge < -0.3 is 5.11 Å². The van der Waals surface area contributed by atoms with E-state index in [9.17, 15) is 4.79 Å². The van der Waals surface area contributed by atoms with E-state index in [4.69, 9.17) is 16.7 Å². The van der Waals surface area contributed by atoms with Crippen LogP contribution in [0.3, 0.4) is 0 Å². The van der Waals surface area contributed by atoms with E-state index in [-0.39, 0.29) is 11.7 Å². The number of hydrogen-bond donors (Lipinski definition) is 1. The molecule has 0 aliphatic rings. The summed E-state index contributed by atoms with van der Waals surface area (Å²) in [5.41, 5.74) is 0. The maximum Gasteiger partial charge on any atom is 0.304 e. The summed E-state index contributed by atoms with van der Waals surface area (Å²) in [5, 5.41) is 9.53. The first-order valence-electron chi connectivity index (χ1n) is 4.76. The van der Waals surface area contributed by atoms with E-state index in [1.807, 2.05) is 31.2 Å². The predicted octanol–water partition coefficient (Wildman–Crippen LogP) is 3.69. The van der Waals surface area contributed by atoms with Crippen molar-refractivity contribution in [2.24, 2.45) is 0 Å². The molecule has 0 heterocycles. The number of aliphatic carboxylic acids is 1. The van der Waals surface area contributed by atoms with Gasteiger partial charge in [-0.05, 0) is 30.7 Å². The van der Waals surface area contributed by atoms with E-state index in [1.54, 1.807) is 11.8 Å². The van der Waals surface area contributed by atoms with Crippen LogP contribution in [0.15, 0.2) is 29.2 Å². The average Bonchev–Trinajstić information content (AvgIpc) is 2.19. The molecule has 1 aromatic rings. The molecule has 1 atom stereocenters.